The molecule has 128 valence electrons. The first-order valence-corrected chi connectivity index (χ1v) is 7.53. The highest BCUT2D eigenvalue weighted by Gasteiger charge is 2.14. The Bertz CT molecular complexity index is 542. The topological polar surface area (TPSA) is 73.9 Å². The number of esters is 1. The van der Waals surface area contributed by atoms with Crippen molar-refractivity contribution in [1.82, 2.24) is 5.32 Å². The van der Waals surface area contributed by atoms with Crippen molar-refractivity contribution < 1.29 is 23.8 Å². The van der Waals surface area contributed by atoms with Crippen LogP contribution in [0.1, 0.15) is 26.3 Å². The van der Waals surface area contributed by atoms with E-state index in [9.17, 15) is 9.59 Å². The van der Waals surface area contributed by atoms with Crippen LogP contribution in [0.15, 0.2) is 18.2 Å². The molecule has 1 aromatic carbocycles. The van der Waals surface area contributed by atoms with Gasteiger partial charge in [-0.1, -0.05) is 19.9 Å². The summed E-state index contributed by atoms with van der Waals surface area (Å²) < 4.78 is 15.3. The zero-order valence-electron chi connectivity index (χ0n) is 14.3. The van der Waals surface area contributed by atoms with Gasteiger partial charge in [0.2, 0.25) is 0 Å². The predicted octanol–water partition coefficient (Wildman–Crippen LogP) is 1.95. The lowest BCUT2D eigenvalue weighted by molar-refractivity contribution is -0.148. The van der Waals surface area contributed by atoms with Crippen LogP contribution in [0, 0.1) is 5.92 Å². The van der Waals surface area contributed by atoms with E-state index in [0.717, 1.165) is 5.56 Å². The second-order valence-electron chi connectivity index (χ2n) is 5.63. The summed E-state index contributed by atoms with van der Waals surface area (Å²) in [5.74, 6) is 0.686. The van der Waals surface area contributed by atoms with Crippen LogP contribution >= 0.6 is 0 Å². The molecule has 0 saturated carbocycles. The van der Waals surface area contributed by atoms with Gasteiger partial charge in [-0.3, -0.25) is 9.59 Å². The van der Waals surface area contributed by atoms with Gasteiger partial charge in [-0.2, -0.15) is 0 Å². The third-order valence-electron chi connectivity index (χ3n) is 3.55. The van der Waals surface area contributed by atoms with E-state index in [1.54, 1.807) is 25.3 Å². The molecule has 1 amide bonds. The number of hydrogen-bond acceptors (Lipinski definition) is 5. The Morgan fingerprint density at radius 1 is 1.09 bits per heavy atom. The second kappa shape index (κ2) is 9.02. The van der Waals surface area contributed by atoms with Crippen molar-refractivity contribution >= 4 is 11.9 Å². The van der Waals surface area contributed by atoms with Crippen molar-refractivity contribution in [1.29, 1.82) is 0 Å². The van der Waals surface area contributed by atoms with Gasteiger partial charge in [0.1, 0.15) is 0 Å². The van der Waals surface area contributed by atoms with E-state index in [2.05, 4.69) is 5.32 Å². The largest absolute Gasteiger partial charge is 0.493 e. The van der Waals surface area contributed by atoms with Gasteiger partial charge in [-0.25, -0.2) is 0 Å². The van der Waals surface area contributed by atoms with Crippen LogP contribution in [0.5, 0.6) is 11.5 Å². The number of ether oxygens (including phenoxy) is 3. The number of hydrogen-bond donors (Lipinski definition) is 1. The summed E-state index contributed by atoms with van der Waals surface area (Å²) >= 11 is 0. The number of carbonyl (C=O) groups excluding carboxylic acids is 2. The van der Waals surface area contributed by atoms with Crippen molar-refractivity contribution in [2.75, 3.05) is 20.8 Å². The number of rotatable bonds is 8. The van der Waals surface area contributed by atoms with Crippen LogP contribution in [0.4, 0.5) is 0 Å². The van der Waals surface area contributed by atoms with Gasteiger partial charge < -0.3 is 19.5 Å². The van der Waals surface area contributed by atoms with Gasteiger partial charge >= 0.3 is 5.97 Å². The third-order valence-corrected chi connectivity index (χ3v) is 3.55. The molecule has 6 nitrogen and oxygen atoms in total. The molecule has 0 aliphatic heterocycles. The minimum atomic E-state index is -0.468. The van der Waals surface area contributed by atoms with Crippen LogP contribution in [-0.4, -0.2) is 38.7 Å². The molecule has 1 aromatic rings. The van der Waals surface area contributed by atoms with Gasteiger partial charge in [-0.05, 0) is 30.5 Å². The van der Waals surface area contributed by atoms with Gasteiger partial charge in [-0.15, -0.1) is 0 Å². The lowest BCUT2D eigenvalue weighted by atomic mass is 10.1. The fourth-order valence-electron chi connectivity index (χ4n) is 1.82. The van der Waals surface area contributed by atoms with Crippen molar-refractivity contribution in [2.24, 2.45) is 5.92 Å². The molecule has 0 aliphatic carbocycles. The maximum Gasteiger partial charge on any atom is 0.310 e. The van der Waals surface area contributed by atoms with E-state index < -0.39 is 5.97 Å². The molecule has 6 heteroatoms. The molecule has 0 bridgehead atoms. The molecular weight excluding hydrogens is 298 g/mol. The van der Waals surface area contributed by atoms with Crippen molar-refractivity contribution in [3.05, 3.63) is 23.8 Å². The van der Waals surface area contributed by atoms with E-state index >= 15 is 0 Å². The zero-order chi connectivity index (χ0) is 17.4. The summed E-state index contributed by atoms with van der Waals surface area (Å²) in [6.07, 6.45) is 0.0629. The minimum absolute atomic E-state index is 0.0343. The smallest absolute Gasteiger partial charge is 0.310 e. The first-order valence-electron chi connectivity index (χ1n) is 7.53. The van der Waals surface area contributed by atoms with Crippen LogP contribution < -0.4 is 14.8 Å². The summed E-state index contributed by atoms with van der Waals surface area (Å²) in [5, 5.41) is 2.78. The Kier molecular flexibility index (Phi) is 7.38. The molecular formula is C17H25NO5. The van der Waals surface area contributed by atoms with Crippen LogP contribution in [0.3, 0.4) is 0 Å². The van der Waals surface area contributed by atoms with Crippen molar-refractivity contribution in [3.8, 4) is 11.5 Å². The molecule has 0 heterocycles. The monoisotopic (exact) mass is 323 g/mol. The second-order valence-corrected chi connectivity index (χ2v) is 5.63. The highest BCUT2D eigenvalue weighted by Crippen LogP contribution is 2.27. The highest BCUT2D eigenvalue weighted by atomic mass is 16.5. The average molecular weight is 323 g/mol. The van der Waals surface area contributed by atoms with E-state index in [1.165, 1.54) is 7.11 Å². The van der Waals surface area contributed by atoms with Crippen LogP contribution in [0.25, 0.3) is 0 Å². The Morgan fingerprint density at radius 2 is 1.74 bits per heavy atom. The van der Waals surface area contributed by atoms with Crippen LogP contribution in [0.2, 0.25) is 0 Å². The Balaban J connectivity index is 2.49. The quantitative estimate of drug-likeness (QED) is 0.740. The summed E-state index contributed by atoms with van der Waals surface area (Å²) in [7, 11) is 3.07. The lowest BCUT2D eigenvalue weighted by Gasteiger charge is -2.17. The third kappa shape index (κ3) is 6.18. The summed E-state index contributed by atoms with van der Waals surface area (Å²) in [5.41, 5.74) is 0.726. The minimum Gasteiger partial charge on any atom is -0.493 e. The maximum atomic E-state index is 11.8. The first kappa shape index (κ1) is 18.8. The van der Waals surface area contributed by atoms with E-state index in [4.69, 9.17) is 14.2 Å². The predicted molar refractivity (Wildman–Crippen MR) is 86.7 cm³/mol. The summed E-state index contributed by atoms with van der Waals surface area (Å²) in [6.45, 7) is 5.65. The Hall–Kier alpha value is -2.24. The number of methoxy groups -OCH3 is 2. The standard InChI is InChI=1S/C17H25NO5/c1-11(2)12(3)18-16(19)10-23-17(20)9-13-6-7-14(21-4)15(8-13)22-5/h6-8,11-12H,9-10H2,1-5H3,(H,18,19)/t12-/m0/s1. The molecule has 23 heavy (non-hydrogen) atoms. The molecule has 1 rings (SSSR count). The van der Waals surface area contributed by atoms with Crippen LogP contribution in [-0.2, 0) is 20.7 Å². The van der Waals surface area contributed by atoms with Gasteiger partial charge in [0.05, 0.1) is 20.6 Å². The molecule has 0 radical (unpaired) electrons. The number of benzene rings is 1. The van der Waals surface area contributed by atoms with Gasteiger partial charge in [0, 0.05) is 6.04 Å². The molecule has 0 saturated heterocycles. The fourth-order valence-corrected chi connectivity index (χ4v) is 1.82. The number of nitrogens with one attached hydrogen (secondary N) is 1. The van der Waals surface area contributed by atoms with E-state index in [0.29, 0.717) is 17.4 Å². The molecule has 0 fully saturated rings. The molecule has 0 spiro atoms. The number of carbonyl (C=O) groups is 2. The van der Waals surface area contributed by atoms with E-state index in [-0.39, 0.29) is 25.0 Å². The lowest BCUT2D eigenvalue weighted by Crippen LogP contribution is -2.38. The molecule has 1 atom stereocenters. The fraction of sp³-hybridized carbons (Fsp3) is 0.529. The summed E-state index contributed by atoms with van der Waals surface area (Å²) in [6, 6.07) is 5.22. The zero-order valence-corrected chi connectivity index (χ0v) is 14.3. The molecule has 1 N–H and O–H groups in total. The SMILES string of the molecule is COc1ccc(CC(=O)OCC(=O)N[C@@H](C)C(C)C)cc1OC. The van der Waals surface area contributed by atoms with Gasteiger partial charge in [0.15, 0.2) is 18.1 Å². The van der Waals surface area contributed by atoms with Gasteiger partial charge in [0.25, 0.3) is 5.91 Å². The normalized spacial score (nSPS) is 11.7. The number of amides is 1. The van der Waals surface area contributed by atoms with Crippen molar-refractivity contribution in [2.45, 2.75) is 33.2 Å². The van der Waals surface area contributed by atoms with E-state index in [1.807, 2.05) is 20.8 Å². The van der Waals surface area contributed by atoms with Crippen molar-refractivity contribution in [3.63, 3.8) is 0 Å². The Morgan fingerprint density at radius 3 is 2.30 bits per heavy atom. The highest BCUT2D eigenvalue weighted by molar-refractivity contribution is 5.81. The first-order chi connectivity index (χ1) is 10.9. The Labute approximate surface area is 137 Å². The molecule has 0 aromatic heterocycles. The maximum absolute atomic E-state index is 11.8. The molecule has 0 aliphatic rings. The average Bonchev–Trinajstić information content (AvgIpc) is 2.52. The summed E-state index contributed by atoms with van der Waals surface area (Å²) in [4.78, 5) is 23.5. The molecule has 0 unspecified atom stereocenters.